The molecular formula is C16H16ClFN4O2. The molecule has 3 rings (SSSR count). The van der Waals surface area contributed by atoms with Crippen molar-refractivity contribution >= 4 is 23.4 Å². The van der Waals surface area contributed by atoms with Crippen molar-refractivity contribution in [2.45, 2.75) is 24.9 Å². The predicted molar refractivity (Wildman–Crippen MR) is 86.0 cm³/mol. The SMILES string of the molecule is Cn1cncc1[C@@H]1NC(=O)CC[C@H]1NC(=O)c1cccc(Cl)c1F. The molecule has 2 aromatic rings. The minimum absolute atomic E-state index is 0.0966. The minimum Gasteiger partial charge on any atom is -0.347 e. The Hall–Kier alpha value is -2.41. The molecule has 2 N–H and O–H groups in total. The smallest absolute Gasteiger partial charge is 0.254 e. The summed E-state index contributed by atoms with van der Waals surface area (Å²) >= 11 is 5.73. The van der Waals surface area contributed by atoms with E-state index in [-0.39, 0.29) is 29.0 Å². The lowest BCUT2D eigenvalue weighted by molar-refractivity contribution is -0.123. The van der Waals surface area contributed by atoms with E-state index in [1.807, 2.05) is 0 Å². The number of amides is 2. The lowest BCUT2D eigenvalue weighted by Crippen LogP contribution is -2.50. The van der Waals surface area contributed by atoms with Gasteiger partial charge in [0, 0.05) is 13.5 Å². The zero-order valence-corrected chi connectivity index (χ0v) is 13.7. The molecule has 0 aliphatic carbocycles. The highest BCUT2D eigenvalue weighted by Gasteiger charge is 2.33. The summed E-state index contributed by atoms with van der Waals surface area (Å²) in [6, 6.07) is 3.47. The van der Waals surface area contributed by atoms with Crippen LogP contribution < -0.4 is 10.6 Å². The molecule has 2 heterocycles. The molecule has 1 aliphatic rings. The first-order valence-corrected chi connectivity index (χ1v) is 7.85. The fraction of sp³-hybridized carbons (Fsp3) is 0.312. The van der Waals surface area contributed by atoms with Crippen LogP contribution >= 0.6 is 11.6 Å². The molecule has 126 valence electrons. The first-order valence-electron chi connectivity index (χ1n) is 7.48. The Labute approximate surface area is 143 Å². The second-order valence-corrected chi connectivity index (χ2v) is 6.10. The standard InChI is InChI=1S/C16H16ClFN4O2/c1-22-8-19-7-12(22)15-11(5-6-13(23)21-15)20-16(24)9-3-2-4-10(17)14(9)18/h2-4,7-8,11,15H,5-6H2,1H3,(H,20,24)(H,21,23)/t11-,15-/m1/s1. The molecule has 0 radical (unpaired) electrons. The van der Waals surface area contributed by atoms with E-state index in [1.165, 1.54) is 18.2 Å². The maximum Gasteiger partial charge on any atom is 0.254 e. The number of hydrogen-bond acceptors (Lipinski definition) is 3. The van der Waals surface area contributed by atoms with Gasteiger partial charge in [0.15, 0.2) is 5.82 Å². The van der Waals surface area contributed by atoms with Gasteiger partial charge in [-0.05, 0) is 18.6 Å². The summed E-state index contributed by atoms with van der Waals surface area (Å²) < 4.78 is 15.8. The number of rotatable bonds is 3. The van der Waals surface area contributed by atoms with Crippen molar-refractivity contribution < 1.29 is 14.0 Å². The van der Waals surface area contributed by atoms with Crippen molar-refractivity contribution in [2.75, 3.05) is 0 Å². The van der Waals surface area contributed by atoms with Gasteiger partial charge in [-0.2, -0.15) is 0 Å². The quantitative estimate of drug-likeness (QED) is 0.888. The summed E-state index contributed by atoms with van der Waals surface area (Å²) in [5.74, 6) is -1.42. The normalized spacial score (nSPS) is 20.5. The molecule has 0 bridgehead atoms. The number of aromatic nitrogens is 2. The summed E-state index contributed by atoms with van der Waals surface area (Å²) in [5, 5.41) is 5.55. The van der Waals surface area contributed by atoms with Crippen molar-refractivity contribution in [3.05, 3.63) is 52.8 Å². The average Bonchev–Trinajstić information content (AvgIpc) is 2.97. The van der Waals surface area contributed by atoms with E-state index in [9.17, 15) is 14.0 Å². The minimum atomic E-state index is -0.756. The monoisotopic (exact) mass is 350 g/mol. The van der Waals surface area contributed by atoms with Crippen LogP contribution in [0.4, 0.5) is 4.39 Å². The zero-order chi connectivity index (χ0) is 17.3. The first-order chi connectivity index (χ1) is 11.5. The topological polar surface area (TPSA) is 76.0 Å². The van der Waals surface area contributed by atoms with E-state index in [0.717, 1.165) is 5.69 Å². The predicted octanol–water partition coefficient (Wildman–Crippen LogP) is 1.96. The Morgan fingerprint density at radius 2 is 2.29 bits per heavy atom. The molecule has 1 aliphatic heterocycles. The van der Waals surface area contributed by atoms with Crippen molar-refractivity contribution in [1.29, 1.82) is 0 Å². The van der Waals surface area contributed by atoms with Gasteiger partial charge < -0.3 is 15.2 Å². The summed E-state index contributed by atoms with van der Waals surface area (Å²) in [5.41, 5.74) is 0.642. The highest BCUT2D eigenvalue weighted by molar-refractivity contribution is 6.31. The van der Waals surface area contributed by atoms with E-state index in [0.29, 0.717) is 6.42 Å². The zero-order valence-electron chi connectivity index (χ0n) is 12.9. The molecule has 0 spiro atoms. The highest BCUT2D eigenvalue weighted by Crippen LogP contribution is 2.25. The van der Waals surface area contributed by atoms with Crippen LogP contribution in [0.1, 0.15) is 34.9 Å². The molecular weight excluding hydrogens is 335 g/mol. The molecule has 1 fully saturated rings. The fourth-order valence-corrected chi connectivity index (χ4v) is 3.00. The third-order valence-electron chi connectivity index (χ3n) is 4.09. The average molecular weight is 351 g/mol. The van der Waals surface area contributed by atoms with Gasteiger partial charge in [-0.15, -0.1) is 0 Å². The molecule has 2 atom stereocenters. The van der Waals surface area contributed by atoms with Crippen LogP contribution in [0.3, 0.4) is 0 Å². The number of imidazole rings is 1. The Kier molecular flexibility index (Phi) is 4.53. The second-order valence-electron chi connectivity index (χ2n) is 5.69. The first kappa shape index (κ1) is 16.4. The summed E-state index contributed by atoms with van der Waals surface area (Å²) in [7, 11) is 1.80. The molecule has 2 amide bonds. The summed E-state index contributed by atoms with van der Waals surface area (Å²) in [6.07, 6.45) is 3.99. The molecule has 0 saturated carbocycles. The lowest BCUT2D eigenvalue weighted by Gasteiger charge is -2.33. The number of halogens is 2. The van der Waals surface area contributed by atoms with Crippen LogP contribution in [0.2, 0.25) is 5.02 Å². The van der Waals surface area contributed by atoms with Gasteiger partial charge in [0.25, 0.3) is 5.91 Å². The maximum absolute atomic E-state index is 14.0. The van der Waals surface area contributed by atoms with E-state index < -0.39 is 17.8 Å². The molecule has 1 saturated heterocycles. The Balaban J connectivity index is 1.84. The number of piperidine rings is 1. The number of carbonyl (C=O) groups is 2. The van der Waals surface area contributed by atoms with Crippen molar-refractivity contribution in [2.24, 2.45) is 7.05 Å². The molecule has 8 heteroatoms. The largest absolute Gasteiger partial charge is 0.347 e. The van der Waals surface area contributed by atoms with Crippen LogP contribution in [0.5, 0.6) is 0 Å². The maximum atomic E-state index is 14.0. The van der Waals surface area contributed by atoms with Gasteiger partial charge in [0.05, 0.1) is 40.9 Å². The summed E-state index contributed by atoms with van der Waals surface area (Å²) in [6.45, 7) is 0. The molecule has 1 aromatic heterocycles. The van der Waals surface area contributed by atoms with Crippen molar-refractivity contribution in [3.8, 4) is 0 Å². The van der Waals surface area contributed by atoms with Gasteiger partial charge in [0.2, 0.25) is 5.91 Å². The van der Waals surface area contributed by atoms with Gasteiger partial charge in [-0.3, -0.25) is 9.59 Å². The number of benzene rings is 1. The van der Waals surface area contributed by atoms with Gasteiger partial charge in [0.1, 0.15) is 0 Å². The Morgan fingerprint density at radius 1 is 1.50 bits per heavy atom. The van der Waals surface area contributed by atoms with E-state index >= 15 is 0 Å². The van der Waals surface area contributed by atoms with Gasteiger partial charge in [-0.1, -0.05) is 17.7 Å². The van der Waals surface area contributed by atoms with Crippen molar-refractivity contribution in [1.82, 2.24) is 20.2 Å². The number of nitrogens with zero attached hydrogens (tertiary/aromatic N) is 2. The fourth-order valence-electron chi connectivity index (χ4n) is 2.83. The Morgan fingerprint density at radius 3 is 3.00 bits per heavy atom. The van der Waals surface area contributed by atoms with Crippen LogP contribution in [0, 0.1) is 5.82 Å². The summed E-state index contributed by atoms with van der Waals surface area (Å²) in [4.78, 5) is 28.2. The van der Waals surface area contributed by atoms with E-state index in [1.54, 1.807) is 24.1 Å². The molecule has 1 aromatic carbocycles. The van der Waals surface area contributed by atoms with E-state index in [4.69, 9.17) is 11.6 Å². The molecule has 24 heavy (non-hydrogen) atoms. The van der Waals surface area contributed by atoms with Crippen LogP contribution in [0.25, 0.3) is 0 Å². The number of carbonyl (C=O) groups excluding carboxylic acids is 2. The lowest BCUT2D eigenvalue weighted by atomic mass is 9.95. The highest BCUT2D eigenvalue weighted by atomic mass is 35.5. The number of aryl methyl sites for hydroxylation is 1. The second kappa shape index (κ2) is 6.60. The third kappa shape index (κ3) is 3.12. The van der Waals surface area contributed by atoms with Crippen LogP contribution in [-0.2, 0) is 11.8 Å². The Bertz CT molecular complexity index is 792. The van der Waals surface area contributed by atoms with Crippen LogP contribution in [0.15, 0.2) is 30.7 Å². The molecule has 6 nitrogen and oxygen atoms in total. The van der Waals surface area contributed by atoms with Gasteiger partial charge in [-0.25, -0.2) is 9.37 Å². The van der Waals surface area contributed by atoms with Gasteiger partial charge >= 0.3 is 0 Å². The van der Waals surface area contributed by atoms with E-state index in [2.05, 4.69) is 15.6 Å². The third-order valence-corrected chi connectivity index (χ3v) is 4.38. The number of nitrogens with one attached hydrogen (secondary N) is 2. The van der Waals surface area contributed by atoms with Crippen molar-refractivity contribution in [3.63, 3.8) is 0 Å². The molecule has 0 unspecified atom stereocenters. The number of hydrogen-bond donors (Lipinski definition) is 2. The van der Waals surface area contributed by atoms with Crippen LogP contribution in [-0.4, -0.2) is 27.4 Å².